The predicted molar refractivity (Wildman–Crippen MR) is 88.0 cm³/mol. The Bertz CT molecular complexity index is 915. The van der Waals surface area contributed by atoms with Crippen LogP contribution >= 0.6 is 0 Å². The van der Waals surface area contributed by atoms with Crippen LogP contribution in [0.4, 0.5) is 13.2 Å². The summed E-state index contributed by atoms with van der Waals surface area (Å²) >= 11 is 0. The Morgan fingerprint density at radius 3 is 2.65 bits per heavy atom. The van der Waals surface area contributed by atoms with E-state index in [1.807, 2.05) is 6.07 Å². The standard InChI is InChI=1S/C18H13F3N2O3/c19-18(20,21)26-14-7-3-1-5-12(14)11-22-16(24)9-10-17-23-13-6-2-4-8-15(13)25-17/h1-10H,11H2,(H,22,24)/b10-9+. The van der Waals surface area contributed by atoms with Gasteiger partial charge in [0.2, 0.25) is 11.8 Å². The highest BCUT2D eigenvalue weighted by Crippen LogP contribution is 2.26. The molecule has 8 heteroatoms. The van der Waals surface area contributed by atoms with E-state index in [0.29, 0.717) is 11.1 Å². The molecule has 3 aromatic rings. The highest BCUT2D eigenvalue weighted by atomic mass is 19.4. The second kappa shape index (κ2) is 7.30. The third-order valence-corrected chi connectivity index (χ3v) is 3.34. The van der Waals surface area contributed by atoms with Gasteiger partial charge < -0.3 is 14.5 Å². The minimum Gasteiger partial charge on any atom is -0.437 e. The zero-order chi connectivity index (χ0) is 18.6. The van der Waals surface area contributed by atoms with Crippen LogP contribution in [0.2, 0.25) is 0 Å². The number of aromatic nitrogens is 1. The van der Waals surface area contributed by atoms with Crippen molar-refractivity contribution in [1.29, 1.82) is 0 Å². The van der Waals surface area contributed by atoms with Crippen molar-refractivity contribution in [2.75, 3.05) is 0 Å². The Kier molecular flexibility index (Phi) is 4.92. The molecule has 0 aliphatic carbocycles. The summed E-state index contributed by atoms with van der Waals surface area (Å²) in [5, 5.41) is 2.49. The van der Waals surface area contributed by atoms with Crippen molar-refractivity contribution in [2.24, 2.45) is 0 Å². The topological polar surface area (TPSA) is 64.4 Å². The number of nitrogens with zero attached hydrogens (tertiary/aromatic N) is 1. The lowest BCUT2D eigenvalue weighted by atomic mass is 10.2. The summed E-state index contributed by atoms with van der Waals surface area (Å²) in [4.78, 5) is 16.0. The van der Waals surface area contributed by atoms with Crippen molar-refractivity contribution < 1.29 is 27.1 Å². The Morgan fingerprint density at radius 1 is 1.15 bits per heavy atom. The van der Waals surface area contributed by atoms with Gasteiger partial charge in [0.15, 0.2) is 5.58 Å². The summed E-state index contributed by atoms with van der Waals surface area (Å²) in [6.07, 6.45) is -2.22. The Balaban J connectivity index is 1.62. The van der Waals surface area contributed by atoms with E-state index in [1.165, 1.54) is 30.4 Å². The van der Waals surface area contributed by atoms with Crippen molar-refractivity contribution in [3.63, 3.8) is 0 Å². The van der Waals surface area contributed by atoms with Crippen LogP contribution in [-0.4, -0.2) is 17.3 Å². The zero-order valence-electron chi connectivity index (χ0n) is 13.3. The number of nitrogens with one attached hydrogen (secondary N) is 1. The van der Waals surface area contributed by atoms with Gasteiger partial charge in [-0.15, -0.1) is 13.2 Å². The maximum absolute atomic E-state index is 12.4. The second-order valence-electron chi connectivity index (χ2n) is 5.23. The van der Waals surface area contributed by atoms with E-state index in [1.54, 1.807) is 24.3 Å². The van der Waals surface area contributed by atoms with E-state index in [9.17, 15) is 18.0 Å². The maximum Gasteiger partial charge on any atom is 0.573 e. The number of halogens is 3. The number of amides is 1. The molecule has 0 saturated heterocycles. The SMILES string of the molecule is O=C(/C=C/c1nc2ccccc2o1)NCc1ccccc1OC(F)(F)F. The number of carbonyl (C=O) groups is 1. The third-order valence-electron chi connectivity index (χ3n) is 3.34. The molecule has 3 rings (SSSR count). The highest BCUT2D eigenvalue weighted by Gasteiger charge is 2.31. The molecule has 0 atom stereocenters. The lowest BCUT2D eigenvalue weighted by Gasteiger charge is -2.13. The minimum atomic E-state index is -4.80. The van der Waals surface area contributed by atoms with Crippen molar-refractivity contribution in [3.8, 4) is 5.75 Å². The van der Waals surface area contributed by atoms with Gasteiger partial charge in [0.05, 0.1) is 0 Å². The number of oxazole rings is 1. The fourth-order valence-corrected chi connectivity index (χ4v) is 2.22. The van der Waals surface area contributed by atoms with E-state index < -0.39 is 12.3 Å². The van der Waals surface area contributed by atoms with Gasteiger partial charge in [-0.05, 0) is 18.2 Å². The van der Waals surface area contributed by atoms with E-state index in [2.05, 4.69) is 15.0 Å². The van der Waals surface area contributed by atoms with Crippen LogP contribution in [0.25, 0.3) is 17.2 Å². The highest BCUT2D eigenvalue weighted by molar-refractivity contribution is 5.91. The molecule has 0 spiro atoms. The van der Waals surface area contributed by atoms with Gasteiger partial charge in [-0.25, -0.2) is 4.98 Å². The number of para-hydroxylation sites is 3. The number of carbonyl (C=O) groups excluding carboxylic acids is 1. The summed E-state index contributed by atoms with van der Waals surface area (Å²) in [5.41, 5.74) is 1.45. The first-order valence-corrected chi connectivity index (χ1v) is 7.56. The van der Waals surface area contributed by atoms with E-state index in [-0.39, 0.29) is 23.7 Å². The van der Waals surface area contributed by atoms with Gasteiger partial charge in [0.25, 0.3) is 0 Å². The summed E-state index contributed by atoms with van der Waals surface area (Å²) in [5.74, 6) is -0.612. The first kappa shape index (κ1) is 17.5. The molecule has 2 aromatic carbocycles. The zero-order valence-corrected chi connectivity index (χ0v) is 13.3. The fraction of sp³-hybridized carbons (Fsp3) is 0.111. The smallest absolute Gasteiger partial charge is 0.437 e. The molecule has 0 aliphatic heterocycles. The molecular weight excluding hydrogens is 349 g/mol. The molecule has 0 aliphatic rings. The number of alkyl halides is 3. The van der Waals surface area contributed by atoms with Crippen LogP contribution in [0.15, 0.2) is 59.0 Å². The van der Waals surface area contributed by atoms with Gasteiger partial charge in [-0.3, -0.25) is 4.79 Å². The van der Waals surface area contributed by atoms with Crippen LogP contribution < -0.4 is 10.1 Å². The van der Waals surface area contributed by atoms with Crippen LogP contribution in [0.1, 0.15) is 11.5 Å². The normalized spacial score (nSPS) is 11.8. The number of ether oxygens (including phenoxy) is 1. The lowest BCUT2D eigenvalue weighted by Crippen LogP contribution is -2.22. The number of hydrogen-bond acceptors (Lipinski definition) is 4. The second-order valence-corrected chi connectivity index (χ2v) is 5.23. The summed E-state index contributed by atoms with van der Waals surface area (Å²) in [6, 6.07) is 12.7. The summed E-state index contributed by atoms with van der Waals surface area (Å²) < 4.78 is 46.5. The number of fused-ring (bicyclic) bond motifs is 1. The number of rotatable bonds is 5. The van der Waals surface area contributed by atoms with Crippen LogP contribution in [0, 0.1) is 0 Å². The van der Waals surface area contributed by atoms with Crippen molar-refractivity contribution in [1.82, 2.24) is 10.3 Å². The van der Waals surface area contributed by atoms with Gasteiger partial charge in [-0.2, -0.15) is 0 Å². The first-order valence-electron chi connectivity index (χ1n) is 7.56. The Morgan fingerprint density at radius 2 is 1.88 bits per heavy atom. The minimum absolute atomic E-state index is 0.122. The van der Waals surface area contributed by atoms with Crippen LogP contribution in [0.3, 0.4) is 0 Å². The first-order chi connectivity index (χ1) is 12.4. The molecule has 0 bridgehead atoms. The number of hydrogen-bond donors (Lipinski definition) is 1. The molecule has 1 N–H and O–H groups in total. The predicted octanol–water partition coefficient (Wildman–Crippen LogP) is 4.06. The third kappa shape index (κ3) is 4.62. The van der Waals surface area contributed by atoms with Gasteiger partial charge in [-0.1, -0.05) is 30.3 Å². The van der Waals surface area contributed by atoms with Crippen LogP contribution in [-0.2, 0) is 11.3 Å². The average molecular weight is 362 g/mol. The molecule has 1 heterocycles. The van der Waals surface area contributed by atoms with Crippen LogP contribution in [0.5, 0.6) is 5.75 Å². The molecular formula is C18H13F3N2O3. The van der Waals surface area contributed by atoms with Gasteiger partial charge in [0.1, 0.15) is 11.3 Å². The monoisotopic (exact) mass is 362 g/mol. The van der Waals surface area contributed by atoms with Gasteiger partial charge in [0, 0.05) is 24.3 Å². The molecule has 0 saturated carbocycles. The van der Waals surface area contributed by atoms with Crippen molar-refractivity contribution in [2.45, 2.75) is 12.9 Å². The quantitative estimate of drug-likeness (QED) is 0.696. The average Bonchev–Trinajstić information content (AvgIpc) is 3.01. The van der Waals surface area contributed by atoms with E-state index in [0.717, 1.165) is 0 Å². The van der Waals surface area contributed by atoms with E-state index in [4.69, 9.17) is 4.42 Å². The van der Waals surface area contributed by atoms with E-state index >= 15 is 0 Å². The molecule has 0 fully saturated rings. The Hall–Kier alpha value is -3.29. The lowest BCUT2D eigenvalue weighted by molar-refractivity contribution is -0.274. The fourth-order valence-electron chi connectivity index (χ4n) is 2.22. The molecule has 0 radical (unpaired) electrons. The largest absolute Gasteiger partial charge is 0.573 e. The molecule has 0 unspecified atom stereocenters. The molecule has 1 aromatic heterocycles. The molecule has 5 nitrogen and oxygen atoms in total. The van der Waals surface area contributed by atoms with Gasteiger partial charge >= 0.3 is 6.36 Å². The number of benzene rings is 2. The Labute approximate surface area is 146 Å². The summed E-state index contributed by atoms with van der Waals surface area (Å²) in [6.45, 7) is -0.122. The van der Waals surface area contributed by atoms with Crippen molar-refractivity contribution >= 4 is 23.1 Å². The molecule has 1 amide bonds. The summed E-state index contributed by atoms with van der Waals surface area (Å²) in [7, 11) is 0. The maximum atomic E-state index is 12.4. The van der Waals surface area contributed by atoms with Crippen molar-refractivity contribution in [3.05, 3.63) is 66.1 Å². The molecule has 26 heavy (non-hydrogen) atoms. The molecule has 134 valence electrons.